The molecular formula is C10H10F3NO3. The summed E-state index contributed by atoms with van der Waals surface area (Å²) in [6.45, 7) is -0.250. The fraction of sp³-hybridized carbons (Fsp3) is 0.300. The molecule has 0 saturated heterocycles. The smallest absolute Gasteiger partial charge is 0.356 e. The zero-order chi connectivity index (χ0) is 12.9. The van der Waals surface area contributed by atoms with Crippen LogP contribution in [0.2, 0.25) is 0 Å². The molecule has 4 nitrogen and oxygen atoms in total. The highest BCUT2D eigenvalue weighted by Gasteiger charge is 2.34. The zero-order valence-corrected chi connectivity index (χ0v) is 8.88. The summed E-state index contributed by atoms with van der Waals surface area (Å²) in [6.07, 6.45) is -4.59. The molecule has 1 N–H and O–H groups in total. The zero-order valence-electron chi connectivity index (χ0n) is 8.88. The van der Waals surface area contributed by atoms with E-state index in [0.717, 1.165) is 12.1 Å². The van der Waals surface area contributed by atoms with Gasteiger partial charge < -0.3 is 4.74 Å². The standard InChI is InChI=1S/C10H10F3NO3/c1-16-6-17-14-9(15)7-4-2-3-5-8(7)10(11,12)13/h2-5H,6H2,1H3,(H,14,15). The van der Waals surface area contributed by atoms with Crippen molar-refractivity contribution < 1.29 is 27.5 Å². The number of hydrogen-bond donors (Lipinski definition) is 1. The van der Waals surface area contributed by atoms with Gasteiger partial charge in [-0.2, -0.15) is 13.2 Å². The molecule has 0 aromatic heterocycles. The maximum absolute atomic E-state index is 12.6. The monoisotopic (exact) mass is 249 g/mol. The lowest BCUT2D eigenvalue weighted by Gasteiger charge is -2.12. The van der Waals surface area contributed by atoms with Crippen molar-refractivity contribution in [1.29, 1.82) is 0 Å². The number of hydrogen-bond acceptors (Lipinski definition) is 3. The van der Waals surface area contributed by atoms with Gasteiger partial charge in [0.15, 0.2) is 6.79 Å². The molecule has 1 aromatic rings. The number of nitrogens with one attached hydrogen (secondary N) is 1. The van der Waals surface area contributed by atoms with Crippen LogP contribution in [0.25, 0.3) is 0 Å². The summed E-state index contributed by atoms with van der Waals surface area (Å²) in [5.41, 5.74) is 0.330. The minimum atomic E-state index is -4.59. The summed E-state index contributed by atoms with van der Waals surface area (Å²) in [5.74, 6) is -0.977. The number of methoxy groups -OCH3 is 1. The van der Waals surface area contributed by atoms with E-state index in [-0.39, 0.29) is 6.79 Å². The topological polar surface area (TPSA) is 47.6 Å². The van der Waals surface area contributed by atoms with Gasteiger partial charge in [-0.3, -0.25) is 4.79 Å². The first-order chi connectivity index (χ1) is 7.96. The van der Waals surface area contributed by atoms with Crippen molar-refractivity contribution in [3.8, 4) is 0 Å². The molecule has 7 heteroatoms. The van der Waals surface area contributed by atoms with Gasteiger partial charge in [0.1, 0.15) is 0 Å². The number of hydroxylamine groups is 1. The number of rotatable bonds is 4. The largest absolute Gasteiger partial charge is 0.417 e. The number of benzene rings is 1. The first kappa shape index (κ1) is 13.5. The molecule has 0 radical (unpaired) electrons. The number of ether oxygens (including phenoxy) is 1. The van der Waals surface area contributed by atoms with E-state index in [1.54, 1.807) is 0 Å². The lowest BCUT2D eigenvalue weighted by Crippen LogP contribution is -2.27. The average molecular weight is 249 g/mol. The third kappa shape index (κ3) is 3.72. The minimum absolute atomic E-state index is 0.250. The number of carbonyl (C=O) groups excluding carboxylic acids is 1. The van der Waals surface area contributed by atoms with Crippen molar-refractivity contribution in [2.24, 2.45) is 0 Å². The molecule has 0 heterocycles. The lowest BCUT2D eigenvalue weighted by molar-refractivity contribution is -0.138. The Morgan fingerprint density at radius 1 is 1.35 bits per heavy atom. The van der Waals surface area contributed by atoms with Crippen LogP contribution in [0.3, 0.4) is 0 Å². The van der Waals surface area contributed by atoms with Crippen LogP contribution >= 0.6 is 0 Å². The van der Waals surface area contributed by atoms with E-state index in [9.17, 15) is 18.0 Å². The van der Waals surface area contributed by atoms with E-state index in [2.05, 4.69) is 9.57 Å². The SMILES string of the molecule is COCONC(=O)c1ccccc1C(F)(F)F. The molecular weight excluding hydrogens is 239 g/mol. The molecule has 0 bridgehead atoms. The van der Waals surface area contributed by atoms with Crippen LogP contribution in [-0.2, 0) is 15.8 Å². The Kier molecular flexibility index (Phi) is 4.47. The Morgan fingerprint density at radius 3 is 2.59 bits per heavy atom. The molecule has 0 unspecified atom stereocenters. The van der Waals surface area contributed by atoms with E-state index in [4.69, 9.17) is 0 Å². The first-order valence-corrected chi connectivity index (χ1v) is 4.54. The van der Waals surface area contributed by atoms with Crippen LogP contribution in [0.15, 0.2) is 24.3 Å². The number of carbonyl (C=O) groups is 1. The highest BCUT2D eigenvalue weighted by molar-refractivity contribution is 5.95. The van der Waals surface area contributed by atoms with E-state index >= 15 is 0 Å². The maximum atomic E-state index is 12.6. The van der Waals surface area contributed by atoms with Gasteiger partial charge in [-0.15, -0.1) is 0 Å². The third-order valence-corrected chi connectivity index (χ3v) is 1.82. The highest BCUT2D eigenvalue weighted by Crippen LogP contribution is 2.31. The Morgan fingerprint density at radius 2 is 2.00 bits per heavy atom. The van der Waals surface area contributed by atoms with Crippen LogP contribution < -0.4 is 5.48 Å². The number of alkyl halides is 3. The summed E-state index contributed by atoms with van der Waals surface area (Å²) < 4.78 is 42.1. The average Bonchev–Trinajstić information content (AvgIpc) is 2.28. The van der Waals surface area contributed by atoms with Gasteiger partial charge in [-0.25, -0.2) is 10.3 Å². The third-order valence-electron chi connectivity index (χ3n) is 1.82. The van der Waals surface area contributed by atoms with Crippen molar-refractivity contribution in [2.75, 3.05) is 13.9 Å². The van der Waals surface area contributed by atoms with Crippen LogP contribution in [0.5, 0.6) is 0 Å². The van der Waals surface area contributed by atoms with Gasteiger partial charge in [0, 0.05) is 7.11 Å². The fourth-order valence-corrected chi connectivity index (χ4v) is 1.14. The van der Waals surface area contributed by atoms with Crippen molar-refractivity contribution in [3.63, 3.8) is 0 Å². The van der Waals surface area contributed by atoms with Gasteiger partial charge in [-0.05, 0) is 12.1 Å². The molecule has 0 aliphatic carbocycles. The Balaban J connectivity index is 2.86. The lowest BCUT2D eigenvalue weighted by atomic mass is 10.1. The summed E-state index contributed by atoms with van der Waals surface area (Å²) in [7, 11) is 1.32. The summed E-state index contributed by atoms with van der Waals surface area (Å²) in [5, 5.41) is 0. The normalized spacial score (nSPS) is 11.3. The summed E-state index contributed by atoms with van der Waals surface area (Å²) >= 11 is 0. The first-order valence-electron chi connectivity index (χ1n) is 4.54. The van der Waals surface area contributed by atoms with Crippen LogP contribution in [0.1, 0.15) is 15.9 Å². The van der Waals surface area contributed by atoms with Gasteiger partial charge in [0.05, 0.1) is 11.1 Å². The molecule has 17 heavy (non-hydrogen) atoms. The molecule has 0 fully saturated rings. The van der Waals surface area contributed by atoms with Gasteiger partial charge in [0.25, 0.3) is 5.91 Å². The molecule has 0 spiro atoms. The van der Waals surface area contributed by atoms with E-state index in [0.29, 0.717) is 0 Å². The second kappa shape index (κ2) is 5.65. The van der Waals surface area contributed by atoms with E-state index < -0.39 is 23.2 Å². The van der Waals surface area contributed by atoms with Crippen LogP contribution in [0.4, 0.5) is 13.2 Å². The molecule has 94 valence electrons. The number of amides is 1. The molecule has 0 aliphatic rings. The molecule has 1 aromatic carbocycles. The van der Waals surface area contributed by atoms with Gasteiger partial charge in [-0.1, -0.05) is 12.1 Å². The van der Waals surface area contributed by atoms with Crippen molar-refractivity contribution in [2.45, 2.75) is 6.18 Å². The summed E-state index contributed by atoms with van der Waals surface area (Å²) in [6, 6.07) is 4.43. The Labute approximate surface area is 95.3 Å². The van der Waals surface area contributed by atoms with E-state index in [1.807, 2.05) is 5.48 Å². The summed E-state index contributed by atoms with van der Waals surface area (Å²) in [4.78, 5) is 15.9. The molecule has 1 amide bonds. The predicted molar refractivity (Wildman–Crippen MR) is 51.9 cm³/mol. The minimum Gasteiger partial charge on any atom is -0.356 e. The van der Waals surface area contributed by atoms with Crippen LogP contribution in [-0.4, -0.2) is 19.8 Å². The van der Waals surface area contributed by atoms with Gasteiger partial charge in [0.2, 0.25) is 0 Å². The molecule has 1 rings (SSSR count). The fourth-order valence-electron chi connectivity index (χ4n) is 1.14. The van der Waals surface area contributed by atoms with Crippen molar-refractivity contribution in [3.05, 3.63) is 35.4 Å². The second-order valence-corrected chi connectivity index (χ2v) is 3.03. The van der Waals surface area contributed by atoms with E-state index in [1.165, 1.54) is 19.2 Å². The highest BCUT2D eigenvalue weighted by atomic mass is 19.4. The van der Waals surface area contributed by atoms with Gasteiger partial charge >= 0.3 is 6.18 Å². The second-order valence-electron chi connectivity index (χ2n) is 3.03. The molecule has 0 saturated carbocycles. The predicted octanol–water partition coefficient (Wildman–Crippen LogP) is 1.97. The Hall–Kier alpha value is -1.60. The number of halogens is 3. The Bertz CT molecular complexity index is 393. The van der Waals surface area contributed by atoms with Crippen molar-refractivity contribution in [1.82, 2.24) is 5.48 Å². The van der Waals surface area contributed by atoms with Crippen LogP contribution in [0, 0.1) is 0 Å². The molecule has 0 atom stereocenters. The van der Waals surface area contributed by atoms with Crippen molar-refractivity contribution >= 4 is 5.91 Å². The quantitative estimate of drug-likeness (QED) is 0.504. The molecule has 0 aliphatic heterocycles. The maximum Gasteiger partial charge on any atom is 0.417 e.